The summed E-state index contributed by atoms with van der Waals surface area (Å²) < 4.78 is 0. The summed E-state index contributed by atoms with van der Waals surface area (Å²) >= 11 is 2.92. The van der Waals surface area contributed by atoms with Crippen molar-refractivity contribution < 1.29 is 9.59 Å². The maximum Gasteiger partial charge on any atom is 0.274 e. The molecule has 1 heterocycles. The second kappa shape index (κ2) is 4.83. The van der Waals surface area contributed by atoms with E-state index in [0.717, 1.165) is 0 Å². The quantitative estimate of drug-likeness (QED) is 0.358. The van der Waals surface area contributed by atoms with Crippen molar-refractivity contribution in [1.29, 1.82) is 0 Å². The maximum atomic E-state index is 11.5. The molecule has 1 rings (SSSR count). The van der Waals surface area contributed by atoms with Gasteiger partial charge < -0.3 is 0 Å². The number of carbonyl (C=O) groups excluding carboxylic acids is 2. The number of rotatable bonds is 2. The molecule has 1 aromatic heterocycles. The van der Waals surface area contributed by atoms with Gasteiger partial charge in [0.1, 0.15) is 0 Å². The number of aromatic nitrogens is 1. The Morgan fingerprint density at radius 1 is 1.43 bits per heavy atom. The van der Waals surface area contributed by atoms with Crippen LogP contribution in [-0.2, 0) is 4.79 Å². The van der Waals surface area contributed by atoms with Gasteiger partial charge in [0.05, 0.1) is 5.33 Å². The van der Waals surface area contributed by atoms with Crippen molar-refractivity contribution >= 4 is 27.7 Å². The van der Waals surface area contributed by atoms with E-state index in [9.17, 15) is 9.59 Å². The Morgan fingerprint density at radius 3 is 2.50 bits per heavy atom. The van der Waals surface area contributed by atoms with Gasteiger partial charge in [0.15, 0.2) is 0 Å². The number of imide groups is 1. The summed E-state index contributed by atoms with van der Waals surface area (Å²) in [6.07, 6.45) is 2.92. The lowest BCUT2D eigenvalue weighted by atomic mass is 10.2. The lowest BCUT2D eigenvalue weighted by Gasteiger charge is -2.12. The molecule has 0 aromatic carbocycles. The first-order valence-electron chi connectivity index (χ1n) is 3.74. The number of nitrogens with two attached hydrogens (primary N) is 1. The summed E-state index contributed by atoms with van der Waals surface area (Å²) in [5.41, 5.74) is 0.330. The summed E-state index contributed by atoms with van der Waals surface area (Å²) in [6.45, 7) is 0. The van der Waals surface area contributed by atoms with Crippen molar-refractivity contribution in [3.8, 4) is 0 Å². The van der Waals surface area contributed by atoms with Crippen LogP contribution in [-0.4, -0.2) is 27.1 Å². The molecule has 0 aliphatic rings. The molecule has 0 aliphatic heterocycles. The van der Waals surface area contributed by atoms with Gasteiger partial charge in [-0.05, 0) is 12.1 Å². The first-order valence-corrected chi connectivity index (χ1v) is 4.87. The molecule has 0 atom stereocenters. The molecule has 0 unspecified atom stereocenters. The first-order chi connectivity index (χ1) is 6.66. The highest BCUT2D eigenvalue weighted by Crippen LogP contribution is 2.01. The van der Waals surface area contributed by atoms with E-state index >= 15 is 0 Å². The van der Waals surface area contributed by atoms with Crippen LogP contribution in [0.15, 0.2) is 24.5 Å². The predicted octanol–water partition coefficient (Wildman–Crippen LogP) is 0.319. The molecule has 0 bridgehead atoms. The molecule has 0 saturated carbocycles. The summed E-state index contributed by atoms with van der Waals surface area (Å²) in [7, 11) is 0. The van der Waals surface area contributed by atoms with Crippen LogP contribution in [0.2, 0.25) is 0 Å². The van der Waals surface area contributed by atoms with Gasteiger partial charge >= 0.3 is 0 Å². The molecule has 0 aliphatic carbocycles. The molecule has 0 spiro atoms. The van der Waals surface area contributed by atoms with Crippen molar-refractivity contribution in [1.82, 2.24) is 9.99 Å². The van der Waals surface area contributed by atoms with E-state index in [2.05, 4.69) is 20.9 Å². The number of halogens is 1. The Bertz CT molecular complexity index is 342. The summed E-state index contributed by atoms with van der Waals surface area (Å²) in [5, 5.41) is 0.588. The molecule has 2 N–H and O–H groups in total. The molecule has 14 heavy (non-hydrogen) atoms. The Kier molecular flexibility index (Phi) is 3.73. The van der Waals surface area contributed by atoms with E-state index in [1.54, 1.807) is 0 Å². The van der Waals surface area contributed by atoms with E-state index in [0.29, 0.717) is 10.6 Å². The lowest BCUT2D eigenvalue weighted by Crippen LogP contribution is -2.43. The molecule has 74 valence electrons. The Morgan fingerprint density at radius 2 is 2.00 bits per heavy atom. The minimum absolute atomic E-state index is 0.0142. The molecule has 5 nitrogen and oxygen atoms in total. The number of carbonyl (C=O) groups is 2. The Balaban J connectivity index is 2.81. The molecule has 6 heteroatoms. The number of amides is 2. The summed E-state index contributed by atoms with van der Waals surface area (Å²) in [5.74, 6) is 4.25. The molecule has 1 aromatic rings. The number of hydrogen-bond donors (Lipinski definition) is 1. The molecular weight excluding hydrogens is 250 g/mol. The number of alkyl halides is 1. The fourth-order valence-corrected chi connectivity index (χ4v) is 1.08. The molecule has 2 amide bonds. The van der Waals surface area contributed by atoms with Crippen molar-refractivity contribution in [2.24, 2.45) is 5.84 Å². The van der Waals surface area contributed by atoms with Gasteiger partial charge in [-0.15, -0.1) is 0 Å². The summed E-state index contributed by atoms with van der Waals surface area (Å²) in [6, 6.07) is 2.98. The third-order valence-electron chi connectivity index (χ3n) is 1.53. The minimum atomic E-state index is -0.545. The maximum absolute atomic E-state index is 11.5. The van der Waals surface area contributed by atoms with Crippen LogP contribution in [0, 0.1) is 0 Å². The zero-order valence-electron chi connectivity index (χ0n) is 7.18. The predicted molar refractivity (Wildman–Crippen MR) is 53.4 cm³/mol. The van der Waals surface area contributed by atoms with Crippen LogP contribution >= 0.6 is 15.9 Å². The van der Waals surface area contributed by atoms with Crippen LogP contribution < -0.4 is 5.84 Å². The van der Waals surface area contributed by atoms with E-state index in [4.69, 9.17) is 5.84 Å². The molecule has 0 radical (unpaired) electrons. The highest BCUT2D eigenvalue weighted by molar-refractivity contribution is 9.09. The van der Waals surface area contributed by atoms with Gasteiger partial charge in [-0.1, -0.05) is 15.9 Å². The van der Waals surface area contributed by atoms with E-state index in [-0.39, 0.29) is 5.33 Å². The van der Waals surface area contributed by atoms with Crippen molar-refractivity contribution in [2.75, 3.05) is 5.33 Å². The van der Waals surface area contributed by atoms with Crippen LogP contribution in [0.5, 0.6) is 0 Å². The van der Waals surface area contributed by atoms with Crippen molar-refractivity contribution in [2.45, 2.75) is 0 Å². The molecule has 0 fully saturated rings. The highest BCUT2D eigenvalue weighted by atomic mass is 79.9. The van der Waals surface area contributed by atoms with Crippen LogP contribution in [0.3, 0.4) is 0 Å². The zero-order chi connectivity index (χ0) is 10.6. The van der Waals surface area contributed by atoms with Gasteiger partial charge in [-0.3, -0.25) is 14.6 Å². The second-order valence-corrected chi connectivity index (χ2v) is 3.00. The van der Waals surface area contributed by atoms with Crippen LogP contribution in [0.25, 0.3) is 0 Å². The third kappa shape index (κ3) is 2.36. The molecule has 0 saturated heterocycles. The number of hydrogen-bond acceptors (Lipinski definition) is 4. The minimum Gasteiger partial charge on any atom is -0.272 e. The zero-order valence-corrected chi connectivity index (χ0v) is 8.77. The van der Waals surface area contributed by atoms with Crippen molar-refractivity contribution in [3.63, 3.8) is 0 Å². The number of nitrogens with zero attached hydrogens (tertiary/aromatic N) is 2. The monoisotopic (exact) mass is 257 g/mol. The Labute approximate surface area is 89.0 Å². The second-order valence-electron chi connectivity index (χ2n) is 2.44. The smallest absolute Gasteiger partial charge is 0.272 e. The first kappa shape index (κ1) is 10.8. The van der Waals surface area contributed by atoms with Gasteiger partial charge in [0, 0.05) is 18.0 Å². The topological polar surface area (TPSA) is 76.3 Å². The van der Waals surface area contributed by atoms with Crippen molar-refractivity contribution in [3.05, 3.63) is 30.1 Å². The van der Waals surface area contributed by atoms with E-state index < -0.39 is 11.8 Å². The molecular formula is C8H8BrN3O2. The SMILES string of the molecule is NN(C(=O)CBr)C(=O)c1ccncc1. The normalized spacial score (nSPS) is 9.57. The Hall–Kier alpha value is -1.27. The summed E-state index contributed by atoms with van der Waals surface area (Å²) in [4.78, 5) is 26.3. The average molecular weight is 258 g/mol. The van der Waals surface area contributed by atoms with Crippen LogP contribution in [0.4, 0.5) is 0 Å². The highest BCUT2D eigenvalue weighted by Gasteiger charge is 2.17. The van der Waals surface area contributed by atoms with Gasteiger partial charge in [-0.2, -0.15) is 0 Å². The van der Waals surface area contributed by atoms with Gasteiger partial charge in [0.25, 0.3) is 11.8 Å². The average Bonchev–Trinajstić information content (AvgIpc) is 2.27. The standard InChI is InChI=1S/C8H8BrN3O2/c9-5-7(13)12(10)8(14)6-1-3-11-4-2-6/h1-4H,5,10H2. The fraction of sp³-hybridized carbons (Fsp3) is 0.125. The largest absolute Gasteiger partial charge is 0.274 e. The van der Waals surface area contributed by atoms with E-state index in [1.165, 1.54) is 24.5 Å². The van der Waals surface area contributed by atoms with Crippen LogP contribution in [0.1, 0.15) is 10.4 Å². The van der Waals surface area contributed by atoms with Gasteiger partial charge in [0.2, 0.25) is 0 Å². The van der Waals surface area contributed by atoms with E-state index in [1.807, 2.05) is 0 Å². The number of pyridine rings is 1. The number of hydrazine groups is 1. The lowest BCUT2D eigenvalue weighted by molar-refractivity contribution is -0.125. The van der Waals surface area contributed by atoms with Gasteiger partial charge in [-0.25, -0.2) is 10.9 Å². The fourth-order valence-electron chi connectivity index (χ4n) is 0.811. The third-order valence-corrected chi connectivity index (χ3v) is 2.01.